The van der Waals surface area contributed by atoms with E-state index in [1.165, 1.54) is 40.6 Å². The van der Waals surface area contributed by atoms with Crippen LogP contribution in [0.4, 0.5) is 11.4 Å². The number of anilines is 1. The molecule has 0 amide bonds. The zero-order valence-corrected chi connectivity index (χ0v) is 17.9. The maximum Gasteiger partial charge on any atom is 0.350 e. The predicted molar refractivity (Wildman–Crippen MR) is 121 cm³/mol. The van der Waals surface area contributed by atoms with Gasteiger partial charge < -0.3 is 4.74 Å². The molecule has 0 fully saturated rings. The van der Waals surface area contributed by atoms with Crippen LogP contribution in [-0.2, 0) is 9.53 Å². The molecule has 1 aliphatic rings. The van der Waals surface area contributed by atoms with Gasteiger partial charge >= 0.3 is 5.97 Å². The van der Waals surface area contributed by atoms with Gasteiger partial charge in [-0.15, -0.1) is 11.3 Å². The topological polar surface area (TPSA) is 109 Å². The fourth-order valence-corrected chi connectivity index (χ4v) is 4.55. The maximum absolute atomic E-state index is 13.4. The van der Waals surface area contributed by atoms with E-state index in [1.807, 2.05) is 47.8 Å². The van der Waals surface area contributed by atoms with Crippen molar-refractivity contribution in [3.05, 3.63) is 92.7 Å². The third-order valence-electron chi connectivity index (χ3n) is 5.20. The first-order valence-electron chi connectivity index (χ1n) is 9.83. The lowest BCUT2D eigenvalue weighted by atomic mass is 9.77. The number of hydrogen-bond donors (Lipinski definition) is 0. The SMILES string of the molecule is CCOC(=O)C1(C#N)C(c2ccccc2)C(c2cccs2)=NN1c1ccc([N+](=O)[O-])cc1. The lowest BCUT2D eigenvalue weighted by molar-refractivity contribution is -0.384. The molecule has 0 spiro atoms. The Bertz CT molecular complexity index is 1200. The highest BCUT2D eigenvalue weighted by atomic mass is 32.1. The van der Waals surface area contributed by atoms with Gasteiger partial charge in [0.05, 0.1) is 33.7 Å². The quantitative estimate of drug-likeness (QED) is 0.314. The summed E-state index contributed by atoms with van der Waals surface area (Å²) < 4.78 is 5.37. The van der Waals surface area contributed by atoms with Gasteiger partial charge in [-0.2, -0.15) is 10.4 Å². The van der Waals surface area contributed by atoms with Crippen LogP contribution in [0, 0.1) is 21.4 Å². The van der Waals surface area contributed by atoms with Crippen molar-refractivity contribution >= 4 is 34.4 Å². The number of nitro benzene ring substituents is 1. The Morgan fingerprint density at radius 2 is 1.94 bits per heavy atom. The molecule has 1 aromatic heterocycles. The molecule has 1 aliphatic heterocycles. The summed E-state index contributed by atoms with van der Waals surface area (Å²) in [6, 6.07) is 20.8. The number of nitro groups is 1. The number of benzene rings is 2. The average molecular weight is 446 g/mol. The van der Waals surface area contributed by atoms with Gasteiger partial charge in [0, 0.05) is 12.1 Å². The monoisotopic (exact) mass is 446 g/mol. The number of esters is 1. The van der Waals surface area contributed by atoms with E-state index >= 15 is 0 Å². The highest BCUT2D eigenvalue weighted by molar-refractivity contribution is 7.12. The molecule has 2 heterocycles. The Kier molecular flexibility index (Phi) is 5.71. The van der Waals surface area contributed by atoms with Crippen LogP contribution in [0.25, 0.3) is 0 Å². The Balaban J connectivity index is 1.96. The Hall–Kier alpha value is -4.03. The number of hydrazone groups is 1. The van der Waals surface area contributed by atoms with Gasteiger partial charge in [0.15, 0.2) is 0 Å². The third kappa shape index (κ3) is 3.40. The smallest absolute Gasteiger partial charge is 0.350 e. The number of thiophene rings is 1. The Morgan fingerprint density at radius 3 is 2.50 bits per heavy atom. The van der Waals surface area contributed by atoms with E-state index in [2.05, 4.69) is 6.07 Å². The summed E-state index contributed by atoms with van der Waals surface area (Å²) >= 11 is 1.45. The first kappa shape index (κ1) is 21.2. The van der Waals surface area contributed by atoms with Crippen LogP contribution in [0.3, 0.4) is 0 Å². The van der Waals surface area contributed by atoms with Gasteiger partial charge in [0.25, 0.3) is 11.2 Å². The summed E-state index contributed by atoms with van der Waals surface area (Å²) in [6.45, 7) is 1.76. The lowest BCUT2D eigenvalue weighted by Gasteiger charge is -2.33. The van der Waals surface area contributed by atoms with Crippen LogP contribution in [0.2, 0.25) is 0 Å². The van der Waals surface area contributed by atoms with Gasteiger partial charge in [-0.25, -0.2) is 9.80 Å². The summed E-state index contributed by atoms with van der Waals surface area (Å²) in [5.74, 6) is -1.47. The van der Waals surface area contributed by atoms with Gasteiger partial charge in [-0.3, -0.25) is 10.1 Å². The number of carbonyl (C=O) groups excluding carboxylic acids is 1. The van der Waals surface area contributed by atoms with E-state index in [0.717, 1.165) is 10.4 Å². The van der Waals surface area contributed by atoms with E-state index in [9.17, 15) is 20.2 Å². The zero-order valence-electron chi connectivity index (χ0n) is 17.0. The van der Waals surface area contributed by atoms with Gasteiger partial charge in [-0.05, 0) is 36.1 Å². The molecule has 0 saturated heterocycles. The van der Waals surface area contributed by atoms with E-state index in [-0.39, 0.29) is 12.3 Å². The first-order chi connectivity index (χ1) is 15.5. The summed E-state index contributed by atoms with van der Waals surface area (Å²) in [5, 5.41) is 29.5. The number of nitriles is 1. The fraction of sp³-hybridized carbons (Fsp3) is 0.174. The number of hydrogen-bond acceptors (Lipinski definition) is 8. The first-order valence-corrected chi connectivity index (χ1v) is 10.7. The van der Waals surface area contributed by atoms with Crippen molar-refractivity contribution in [1.82, 2.24) is 0 Å². The number of carbonyl (C=O) groups is 1. The van der Waals surface area contributed by atoms with Gasteiger partial charge in [0.2, 0.25) is 0 Å². The third-order valence-corrected chi connectivity index (χ3v) is 6.09. The summed E-state index contributed by atoms with van der Waals surface area (Å²) in [7, 11) is 0. The van der Waals surface area contributed by atoms with Crippen molar-refractivity contribution < 1.29 is 14.5 Å². The van der Waals surface area contributed by atoms with E-state index < -0.39 is 22.3 Å². The second-order valence-corrected chi connectivity index (χ2v) is 7.94. The number of non-ortho nitro benzene ring substituents is 1. The minimum absolute atomic E-state index is 0.0895. The largest absolute Gasteiger partial charge is 0.463 e. The molecule has 160 valence electrons. The molecule has 9 heteroatoms. The van der Waals surface area contributed by atoms with Crippen LogP contribution in [0.1, 0.15) is 23.3 Å². The van der Waals surface area contributed by atoms with E-state index in [4.69, 9.17) is 9.84 Å². The van der Waals surface area contributed by atoms with Crippen molar-refractivity contribution in [2.45, 2.75) is 18.4 Å². The van der Waals surface area contributed by atoms with Crippen LogP contribution in [0.15, 0.2) is 77.2 Å². The number of rotatable bonds is 6. The second kappa shape index (κ2) is 8.61. The number of nitrogens with zero attached hydrogens (tertiary/aromatic N) is 4. The molecular weight excluding hydrogens is 428 g/mol. The number of ether oxygens (including phenoxy) is 1. The molecule has 4 rings (SSSR count). The summed E-state index contributed by atoms with van der Waals surface area (Å²) in [6.07, 6.45) is 0. The molecule has 32 heavy (non-hydrogen) atoms. The van der Waals surface area contributed by atoms with E-state index in [0.29, 0.717) is 11.4 Å². The second-order valence-electron chi connectivity index (χ2n) is 6.99. The molecule has 0 saturated carbocycles. The molecule has 0 aliphatic carbocycles. The standard InChI is InChI=1S/C23H18N4O4S/c1-2-31-22(28)23(15-24)20(16-7-4-3-5-8-16)21(19-9-6-14-32-19)25-26(23)17-10-12-18(13-11-17)27(29)30/h3-14,20H,2H2,1H3. The van der Waals surface area contributed by atoms with Crippen LogP contribution in [0.5, 0.6) is 0 Å². The predicted octanol–water partition coefficient (Wildman–Crippen LogP) is 4.49. The fourth-order valence-electron chi connectivity index (χ4n) is 3.80. The molecule has 8 nitrogen and oxygen atoms in total. The van der Waals surface area contributed by atoms with Crippen LogP contribution in [-0.4, -0.2) is 28.8 Å². The molecular formula is C23H18N4O4S. The molecule has 0 bridgehead atoms. The van der Waals surface area contributed by atoms with E-state index in [1.54, 1.807) is 6.92 Å². The van der Waals surface area contributed by atoms with Crippen molar-refractivity contribution in [2.75, 3.05) is 11.6 Å². The minimum Gasteiger partial charge on any atom is -0.463 e. The van der Waals surface area contributed by atoms with Crippen LogP contribution >= 0.6 is 11.3 Å². The minimum atomic E-state index is -1.83. The zero-order chi connectivity index (χ0) is 22.7. The highest BCUT2D eigenvalue weighted by Crippen LogP contribution is 2.46. The normalized spacial score (nSPS) is 19.8. The summed E-state index contributed by atoms with van der Waals surface area (Å²) in [4.78, 5) is 24.8. The maximum atomic E-state index is 13.4. The molecule has 0 N–H and O–H groups in total. The molecule has 0 radical (unpaired) electrons. The van der Waals surface area contributed by atoms with Crippen molar-refractivity contribution in [1.29, 1.82) is 5.26 Å². The molecule has 2 unspecified atom stereocenters. The molecule has 3 aromatic rings. The lowest BCUT2D eigenvalue weighted by Crippen LogP contribution is -2.54. The highest BCUT2D eigenvalue weighted by Gasteiger charge is 2.60. The van der Waals surface area contributed by atoms with Crippen LogP contribution < -0.4 is 5.01 Å². The van der Waals surface area contributed by atoms with Crippen molar-refractivity contribution in [3.63, 3.8) is 0 Å². The average Bonchev–Trinajstić information content (AvgIpc) is 3.46. The molecule has 2 aromatic carbocycles. The van der Waals surface area contributed by atoms with Crippen molar-refractivity contribution in [2.24, 2.45) is 5.10 Å². The van der Waals surface area contributed by atoms with Gasteiger partial charge in [0.1, 0.15) is 6.07 Å². The Morgan fingerprint density at radius 1 is 1.22 bits per heavy atom. The Labute approximate surface area is 188 Å². The van der Waals surface area contributed by atoms with Gasteiger partial charge in [-0.1, -0.05) is 36.4 Å². The summed E-state index contributed by atoms with van der Waals surface area (Å²) in [5.41, 5.74) is -0.267. The van der Waals surface area contributed by atoms with Crippen molar-refractivity contribution in [3.8, 4) is 6.07 Å². The molecule has 2 atom stereocenters.